The van der Waals surface area contributed by atoms with E-state index in [2.05, 4.69) is 27.9 Å². The number of carbonyl (C=O) groups is 1. The lowest BCUT2D eigenvalue weighted by molar-refractivity contribution is 0.0521. The summed E-state index contributed by atoms with van der Waals surface area (Å²) >= 11 is 0. The predicted molar refractivity (Wildman–Crippen MR) is 80.8 cm³/mol. The summed E-state index contributed by atoms with van der Waals surface area (Å²) in [4.78, 5) is 11.7. The van der Waals surface area contributed by atoms with Crippen LogP contribution in [0.2, 0.25) is 0 Å². The van der Waals surface area contributed by atoms with Gasteiger partial charge in [0, 0.05) is 32.4 Å². The zero-order valence-corrected chi connectivity index (χ0v) is 13.6. The third-order valence-electron chi connectivity index (χ3n) is 2.75. The van der Waals surface area contributed by atoms with Crippen molar-refractivity contribution < 1.29 is 9.53 Å². The molecule has 1 heterocycles. The quantitative estimate of drug-likeness (QED) is 0.799. The maximum atomic E-state index is 11.7. The number of nitrogens with zero attached hydrogens (tertiary/aromatic N) is 3. The van der Waals surface area contributed by atoms with Gasteiger partial charge in [-0.05, 0) is 27.2 Å². The van der Waals surface area contributed by atoms with E-state index in [0.717, 1.165) is 18.5 Å². The van der Waals surface area contributed by atoms with Crippen LogP contribution < -0.4 is 10.6 Å². The lowest BCUT2D eigenvalue weighted by atomic mass is 10.1. The first-order chi connectivity index (χ1) is 9.80. The lowest BCUT2D eigenvalue weighted by Gasteiger charge is -2.22. The third-order valence-corrected chi connectivity index (χ3v) is 2.75. The van der Waals surface area contributed by atoms with Crippen molar-refractivity contribution in [1.82, 2.24) is 25.6 Å². The average molecular weight is 297 g/mol. The molecule has 0 fully saturated rings. The Morgan fingerprint density at radius 2 is 2.19 bits per heavy atom. The Bertz CT molecular complexity index is 439. The summed E-state index contributed by atoms with van der Waals surface area (Å²) in [6, 6.07) is 0.185. The van der Waals surface area contributed by atoms with Crippen LogP contribution in [0.4, 0.5) is 4.79 Å². The summed E-state index contributed by atoms with van der Waals surface area (Å²) in [5.41, 5.74) is 0.410. The zero-order chi connectivity index (χ0) is 15.9. The van der Waals surface area contributed by atoms with Gasteiger partial charge in [0.1, 0.15) is 5.60 Å². The van der Waals surface area contributed by atoms with Gasteiger partial charge in [-0.3, -0.25) is 4.68 Å². The molecule has 0 aliphatic heterocycles. The van der Waals surface area contributed by atoms with Gasteiger partial charge in [0.05, 0.1) is 5.69 Å². The number of ether oxygens (including phenoxy) is 1. The summed E-state index contributed by atoms with van der Waals surface area (Å²) in [5, 5.41) is 14.1. The van der Waals surface area contributed by atoms with Crippen LogP contribution in [0.25, 0.3) is 0 Å². The number of rotatable bonds is 7. The van der Waals surface area contributed by atoms with E-state index in [-0.39, 0.29) is 12.1 Å². The summed E-state index contributed by atoms with van der Waals surface area (Å²) in [5.74, 6) is 0. The van der Waals surface area contributed by atoms with E-state index < -0.39 is 5.60 Å². The van der Waals surface area contributed by atoms with Crippen LogP contribution in [0.15, 0.2) is 6.20 Å². The SMILES string of the molecule is CCCC(CNC(=O)OC(C)(C)C)NCc1cn(C)nn1. The normalized spacial score (nSPS) is 13.0. The second-order valence-corrected chi connectivity index (χ2v) is 6.13. The van der Waals surface area contributed by atoms with Crippen molar-refractivity contribution in [1.29, 1.82) is 0 Å². The fourth-order valence-corrected chi connectivity index (χ4v) is 1.87. The Hall–Kier alpha value is -1.63. The van der Waals surface area contributed by atoms with Crippen molar-refractivity contribution in [3.8, 4) is 0 Å². The summed E-state index contributed by atoms with van der Waals surface area (Å²) < 4.78 is 6.90. The molecule has 0 spiro atoms. The third kappa shape index (κ3) is 7.65. The Morgan fingerprint density at radius 3 is 2.71 bits per heavy atom. The second-order valence-electron chi connectivity index (χ2n) is 6.13. The molecular formula is C14H27N5O2. The molecule has 2 N–H and O–H groups in total. The van der Waals surface area contributed by atoms with Gasteiger partial charge in [-0.15, -0.1) is 5.10 Å². The standard InChI is InChI=1S/C14H27N5O2/c1-6-7-11(8-16-13(20)21-14(2,3)4)15-9-12-10-19(5)18-17-12/h10-11,15H,6-9H2,1-5H3,(H,16,20). The molecule has 120 valence electrons. The monoisotopic (exact) mass is 297 g/mol. The molecule has 0 saturated carbocycles. The minimum absolute atomic E-state index is 0.185. The second kappa shape index (κ2) is 7.97. The topological polar surface area (TPSA) is 81.1 Å². The van der Waals surface area contributed by atoms with Gasteiger partial charge in [-0.25, -0.2) is 4.79 Å². The molecule has 0 saturated heterocycles. The highest BCUT2D eigenvalue weighted by Gasteiger charge is 2.17. The molecule has 0 aliphatic rings. The van der Waals surface area contributed by atoms with Crippen molar-refractivity contribution >= 4 is 6.09 Å². The molecule has 0 radical (unpaired) electrons. The Morgan fingerprint density at radius 1 is 1.48 bits per heavy atom. The molecule has 7 nitrogen and oxygen atoms in total. The van der Waals surface area contributed by atoms with Gasteiger partial charge < -0.3 is 15.4 Å². The molecule has 0 aromatic carbocycles. The van der Waals surface area contributed by atoms with E-state index in [4.69, 9.17) is 4.74 Å². The highest BCUT2D eigenvalue weighted by atomic mass is 16.6. The molecule has 1 rings (SSSR count). The molecule has 1 atom stereocenters. The number of hydrogen-bond acceptors (Lipinski definition) is 5. The van der Waals surface area contributed by atoms with E-state index >= 15 is 0 Å². The van der Waals surface area contributed by atoms with Crippen LogP contribution in [-0.4, -0.2) is 39.3 Å². The fraction of sp³-hybridized carbons (Fsp3) is 0.786. The van der Waals surface area contributed by atoms with Gasteiger partial charge in [-0.2, -0.15) is 0 Å². The molecule has 1 aromatic heterocycles. The number of amides is 1. The summed E-state index contributed by atoms with van der Waals surface area (Å²) in [6.45, 7) is 8.83. The van der Waals surface area contributed by atoms with E-state index in [1.165, 1.54) is 0 Å². The smallest absolute Gasteiger partial charge is 0.407 e. The number of aryl methyl sites for hydroxylation is 1. The van der Waals surface area contributed by atoms with Gasteiger partial charge in [0.2, 0.25) is 0 Å². The van der Waals surface area contributed by atoms with Crippen LogP contribution in [0, 0.1) is 0 Å². The molecule has 0 aliphatic carbocycles. The van der Waals surface area contributed by atoms with E-state index in [1.807, 2.05) is 34.0 Å². The van der Waals surface area contributed by atoms with Crippen molar-refractivity contribution in [2.24, 2.45) is 7.05 Å². The van der Waals surface area contributed by atoms with Gasteiger partial charge in [0.25, 0.3) is 0 Å². The van der Waals surface area contributed by atoms with Gasteiger partial charge >= 0.3 is 6.09 Å². The summed E-state index contributed by atoms with van der Waals surface area (Å²) in [6.07, 6.45) is 3.49. The number of hydrogen-bond donors (Lipinski definition) is 2. The largest absolute Gasteiger partial charge is 0.444 e. The minimum Gasteiger partial charge on any atom is -0.444 e. The number of alkyl carbamates (subject to hydrolysis) is 1. The molecule has 21 heavy (non-hydrogen) atoms. The van der Waals surface area contributed by atoms with Crippen LogP contribution in [0.3, 0.4) is 0 Å². The highest BCUT2D eigenvalue weighted by molar-refractivity contribution is 5.67. The van der Waals surface area contributed by atoms with Crippen molar-refractivity contribution in [3.05, 3.63) is 11.9 Å². The van der Waals surface area contributed by atoms with Crippen molar-refractivity contribution in [3.63, 3.8) is 0 Å². The zero-order valence-electron chi connectivity index (χ0n) is 13.6. The van der Waals surface area contributed by atoms with Crippen LogP contribution >= 0.6 is 0 Å². The fourth-order valence-electron chi connectivity index (χ4n) is 1.87. The number of aromatic nitrogens is 3. The Balaban J connectivity index is 2.37. The Kier molecular flexibility index (Phi) is 6.61. The maximum absolute atomic E-state index is 11.7. The molecular weight excluding hydrogens is 270 g/mol. The predicted octanol–water partition coefficient (Wildman–Crippen LogP) is 1.60. The maximum Gasteiger partial charge on any atom is 0.407 e. The van der Waals surface area contributed by atoms with Crippen LogP contribution in [0.5, 0.6) is 0 Å². The number of nitrogens with one attached hydrogen (secondary N) is 2. The van der Waals surface area contributed by atoms with Gasteiger partial charge in [0.15, 0.2) is 0 Å². The van der Waals surface area contributed by atoms with Crippen LogP contribution in [-0.2, 0) is 18.3 Å². The summed E-state index contributed by atoms with van der Waals surface area (Å²) in [7, 11) is 1.84. The van der Waals surface area contributed by atoms with Crippen molar-refractivity contribution in [2.75, 3.05) is 6.54 Å². The molecule has 1 amide bonds. The van der Waals surface area contributed by atoms with E-state index in [9.17, 15) is 4.79 Å². The first kappa shape index (κ1) is 17.4. The molecule has 1 aromatic rings. The number of carbonyl (C=O) groups excluding carboxylic acids is 1. The Labute approximate surface area is 126 Å². The first-order valence-corrected chi connectivity index (χ1v) is 7.35. The van der Waals surface area contributed by atoms with E-state index in [0.29, 0.717) is 13.1 Å². The van der Waals surface area contributed by atoms with Gasteiger partial charge in [-0.1, -0.05) is 18.6 Å². The molecule has 7 heteroatoms. The molecule has 0 bridgehead atoms. The molecule has 1 unspecified atom stereocenters. The first-order valence-electron chi connectivity index (χ1n) is 7.35. The highest BCUT2D eigenvalue weighted by Crippen LogP contribution is 2.06. The van der Waals surface area contributed by atoms with E-state index in [1.54, 1.807) is 4.68 Å². The minimum atomic E-state index is -0.475. The average Bonchev–Trinajstić information content (AvgIpc) is 2.76. The van der Waals surface area contributed by atoms with Crippen LogP contribution in [0.1, 0.15) is 46.2 Å². The lowest BCUT2D eigenvalue weighted by Crippen LogP contribution is -2.42. The van der Waals surface area contributed by atoms with Crippen molar-refractivity contribution in [2.45, 2.75) is 58.7 Å².